The molecule has 5 nitrogen and oxygen atoms in total. The average molecular weight is 393 g/mol. The van der Waals surface area contributed by atoms with Crippen LogP contribution in [0.4, 0.5) is 0 Å². The minimum absolute atomic E-state index is 0.193. The fourth-order valence-corrected chi connectivity index (χ4v) is 2.76. The lowest BCUT2D eigenvalue weighted by molar-refractivity contribution is 0.0954. The Morgan fingerprint density at radius 1 is 1.04 bits per heavy atom. The van der Waals surface area contributed by atoms with E-state index >= 15 is 0 Å². The van der Waals surface area contributed by atoms with Gasteiger partial charge in [-0.1, -0.05) is 47.5 Å². The highest BCUT2D eigenvalue weighted by Crippen LogP contribution is 2.14. The van der Waals surface area contributed by atoms with E-state index in [-0.39, 0.29) is 5.91 Å². The molecule has 0 aliphatic carbocycles. The number of carbonyl (C=O) groups excluding carboxylic acids is 1. The maximum absolute atomic E-state index is 12.1. The highest BCUT2D eigenvalue weighted by molar-refractivity contribution is 6.33. The predicted octanol–water partition coefficient (Wildman–Crippen LogP) is 3.43. The van der Waals surface area contributed by atoms with Gasteiger partial charge in [0, 0.05) is 38.8 Å². The van der Waals surface area contributed by atoms with E-state index in [0.717, 1.165) is 11.5 Å². The van der Waals surface area contributed by atoms with Crippen LogP contribution < -0.4 is 10.6 Å². The maximum Gasteiger partial charge on any atom is 0.252 e. The largest absolute Gasteiger partial charge is 0.354 e. The first-order valence-electron chi connectivity index (χ1n) is 8.20. The first-order valence-corrected chi connectivity index (χ1v) is 8.96. The highest BCUT2D eigenvalue weighted by Gasteiger charge is 2.09. The van der Waals surface area contributed by atoms with Crippen molar-refractivity contribution in [2.45, 2.75) is 6.54 Å². The van der Waals surface area contributed by atoms with Crippen molar-refractivity contribution in [1.82, 2.24) is 15.5 Å². The van der Waals surface area contributed by atoms with Crippen molar-refractivity contribution >= 4 is 35.1 Å². The topological polar surface area (TPSA) is 56.7 Å². The van der Waals surface area contributed by atoms with Crippen LogP contribution in [0.1, 0.15) is 15.9 Å². The number of benzene rings is 2. The fraction of sp³-hybridized carbons (Fsp3) is 0.263. The van der Waals surface area contributed by atoms with Crippen LogP contribution >= 0.6 is 23.2 Å². The van der Waals surface area contributed by atoms with Gasteiger partial charge in [-0.25, -0.2) is 0 Å². The van der Waals surface area contributed by atoms with Crippen molar-refractivity contribution in [3.63, 3.8) is 0 Å². The molecule has 2 rings (SSSR count). The second kappa shape index (κ2) is 10.0. The van der Waals surface area contributed by atoms with Gasteiger partial charge in [0.1, 0.15) is 0 Å². The van der Waals surface area contributed by atoms with Gasteiger partial charge < -0.3 is 15.5 Å². The Kier molecular flexibility index (Phi) is 7.75. The molecule has 2 N–H and O–H groups in total. The number of nitrogens with one attached hydrogen (secondary N) is 2. The summed E-state index contributed by atoms with van der Waals surface area (Å²) in [7, 11) is 3.68. The van der Waals surface area contributed by atoms with Crippen molar-refractivity contribution in [1.29, 1.82) is 0 Å². The van der Waals surface area contributed by atoms with Gasteiger partial charge in [0.15, 0.2) is 5.96 Å². The number of hydrogen-bond acceptors (Lipinski definition) is 2. The molecular weight excluding hydrogens is 371 g/mol. The summed E-state index contributed by atoms with van der Waals surface area (Å²) in [5.74, 6) is 0.550. The minimum atomic E-state index is -0.193. The van der Waals surface area contributed by atoms with Gasteiger partial charge in [0.05, 0.1) is 10.6 Å². The number of nitrogens with zero attached hydrogens (tertiary/aromatic N) is 2. The summed E-state index contributed by atoms with van der Waals surface area (Å²) in [6.07, 6.45) is 0. The summed E-state index contributed by atoms with van der Waals surface area (Å²) in [4.78, 5) is 18.4. The van der Waals surface area contributed by atoms with Gasteiger partial charge in [0.2, 0.25) is 0 Å². The number of carbonyl (C=O) groups is 1. The summed E-state index contributed by atoms with van der Waals surface area (Å²) >= 11 is 11.9. The van der Waals surface area contributed by atoms with Gasteiger partial charge >= 0.3 is 0 Å². The third kappa shape index (κ3) is 5.93. The standard InChI is InChI=1S/C19H22Cl2N4O/c1-22-19(25(2)13-14-7-9-15(20)10-8-14)24-12-11-23-18(26)16-5-3-4-6-17(16)21/h3-10H,11-13H2,1-2H3,(H,22,24)(H,23,26). The molecule has 0 saturated carbocycles. The zero-order valence-corrected chi connectivity index (χ0v) is 16.3. The molecule has 0 bridgehead atoms. The Morgan fingerprint density at radius 3 is 2.35 bits per heavy atom. The molecule has 0 aliphatic heterocycles. The second-order valence-electron chi connectivity index (χ2n) is 5.69. The molecule has 0 saturated heterocycles. The molecule has 7 heteroatoms. The number of amides is 1. The van der Waals surface area contributed by atoms with E-state index in [1.807, 2.05) is 36.2 Å². The molecule has 0 aliphatic rings. The molecule has 2 aromatic carbocycles. The van der Waals surface area contributed by atoms with Crippen LogP contribution in [-0.4, -0.2) is 44.0 Å². The molecule has 0 heterocycles. The van der Waals surface area contributed by atoms with Crippen LogP contribution in [0.2, 0.25) is 10.0 Å². The normalized spacial score (nSPS) is 11.2. The van der Waals surface area contributed by atoms with E-state index in [2.05, 4.69) is 15.6 Å². The van der Waals surface area contributed by atoms with E-state index in [1.165, 1.54) is 0 Å². The predicted molar refractivity (Wildman–Crippen MR) is 108 cm³/mol. The lowest BCUT2D eigenvalue weighted by Crippen LogP contribution is -2.42. The second-order valence-corrected chi connectivity index (χ2v) is 6.54. The molecule has 0 spiro atoms. The molecule has 0 unspecified atom stereocenters. The smallest absolute Gasteiger partial charge is 0.252 e. The molecule has 2 aromatic rings. The maximum atomic E-state index is 12.1. The zero-order valence-electron chi connectivity index (χ0n) is 14.8. The van der Waals surface area contributed by atoms with E-state index in [9.17, 15) is 4.79 Å². The Labute approximate surface area is 164 Å². The number of hydrogen-bond donors (Lipinski definition) is 2. The third-order valence-corrected chi connectivity index (χ3v) is 4.30. The van der Waals surface area contributed by atoms with Crippen molar-refractivity contribution < 1.29 is 4.79 Å². The molecule has 0 aromatic heterocycles. The number of halogens is 2. The lowest BCUT2D eigenvalue weighted by atomic mass is 10.2. The Bertz CT molecular complexity index is 762. The van der Waals surface area contributed by atoms with Crippen LogP contribution in [0.3, 0.4) is 0 Å². The van der Waals surface area contributed by atoms with Crippen LogP contribution in [0.15, 0.2) is 53.5 Å². The van der Waals surface area contributed by atoms with Crippen LogP contribution in [0.5, 0.6) is 0 Å². The van der Waals surface area contributed by atoms with Gasteiger partial charge in [0.25, 0.3) is 5.91 Å². The van der Waals surface area contributed by atoms with Crippen LogP contribution in [-0.2, 0) is 6.54 Å². The summed E-state index contributed by atoms with van der Waals surface area (Å²) in [5, 5.41) is 7.22. The van der Waals surface area contributed by atoms with E-state index in [1.54, 1.807) is 31.3 Å². The van der Waals surface area contributed by atoms with Crippen molar-refractivity contribution in [2.75, 3.05) is 27.2 Å². The van der Waals surface area contributed by atoms with Crippen LogP contribution in [0, 0.1) is 0 Å². The molecular formula is C19H22Cl2N4O. The summed E-state index contributed by atoms with van der Waals surface area (Å²) < 4.78 is 0. The van der Waals surface area contributed by atoms with Crippen molar-refractivity contribution in [3.8, 4) is 0 Å². The zero-order chi connectivity index (χ0) is 18.9. The first kappa shape index (κ1) is 20.1. The molecule has 0 radical (unpaired) electrons. The molecule has 1 amide bonds. The quantitative estimate of drug-likeness (QED) is 0.449. The summed E-state index contributed by atoms with van der Waals surface area (Å²) in [5.41, 5.74) is 1.60. The van der Waals surface area contributed by atoms with Gasteiger partial charge in [-0.05, 0) is 29.8 Å². The fourth-order valence-electron chi connectivity index (χ4n) is 2.41. The first-order chi connectivity index (χ1) is 12.5. The Morgan fingerprint density at radius 2 is 1.69 bits per heavy atom. The van der Waals surface area contributed by atoms with Crippen LogP contribution in [0.25, 0.3) is 0 Å². The SMILES string of the molecule is CN=C(NCCNC(=O)c1ccccc1Cl)N(C)Cc1ccc(Cl)cc1. The molecule has 0 atom stereocenters. The number of rotatable bonds is 6. The molecule has 138 valence electrons. The Balaban J connectivity index is 1.78. The van der Waals surface area contributed by atoms with Crippen molar-refractivity contribution in [3.05, 3.63) is 69.7 Å². The highest BCUT2D eigenvalue weighted by atomic mass is 35.5. The summed E-state index contributed by atoms with van der Waals surface area (Å²) in [6, 6.07) is 14.7. The monoisotopic (exact) mass is 392 g/mol. The number of guanidine groups is 1. The summed E-state index contributed by atoms with van der Waals surface area (Å²) in [6.45, 7) is 1.70. The van der Waals surface area contributed by atoms with E-state index in [0.29, 0.717) is 35.2 Å². The van der Waals surface area contributed by atoms with E-state index < -0.39 is 0 Å². The lowest BCUT2D eigenvalue weighted by Gasteiger charge is -2.22. The van der Waals surface area contributed by atoms with Crippen molar-refractivity contribution in [2.24, 2.45) is 4.99 Å². The van der Waals surface area contributed by atoms with E-state index in [4.69, 9.17) is 23.2 Å². The van der Waals surface area contributed by atoms with Gasteiger partial charge in [-0.15, -0.1) is 0 Å². The molecule has 26 heavy (non-hydrogen) atoms. The van der Waals surface area contributed by atoms with Gasteiger partial charge in [-0.3, -0.25) is 9.79 Å². The number of aliphatic imine (C=N–C) groups is 1. The Hall–Kier alpha value is -2.24. The minimum Gasteiger partial charge on any atom is -0.354 e. The third-order valence-electron chi connectivity index (χ3n) is 3.72. The molecule has 0 fully saturated rings. The average Bonchev–Trinajstić information content (AvgIpc) is 2.63. The van der Waals surface area contributed by atoms with Gasteiger partial charge in [-0.2, -0.15) is 0 Å².